The highest BCUT2D eigenvalue weighted by atomic mass is 19.4. The Kier molecular flexibility index (Phi) is 3.89. The van der Waals surface area contributed by atoms with Gasteiger partial charge in [0.2, 0.25) is 5.91 Å². The van der Waals surface area contributed by atoms with Crippen LogP contribution in [0.5, 0.6) is 0 Å². The molecule has 1 aliphatic heterocycles. The number of hydrogen-bond acceptors (Lipinski definition) is 3. The minimum Gasteiger partial charge on any atom is -0.369 e. The maximum atomic E-state index is 13.0. The van der Waals surface area contributed by atoms with Crippen LogP contribution in [0.4, 0.5) is 18.9 Å². The summed E-state index contributed by atoms with van der Waals surface area (Å²) in [7, 11) is 0. The van der Waals surface area contributed by atoms with Crippen molar-refractivity contribution in [1.82, 2.24) is 5.32 Å². The van der Waals surface area contributed by atoms with Crippen LogP contribution >= 0.6 is 0 Å². The monoisotopic (exact) mass is 287 g/mol. The van der Waals surface area contributed by atoms with Gasteiger partial charge in [-0.05, 0) is 25.1 Å². The third-order valence-electron chi connectivity index (χ3n) is 3.31. The Morgan fingerprint density at radius 2 is 2.15 bits per heavy atom. The van der Waals surface area contributed by atoms with Crippen molar-refractivity contribution in [3.05, 3.63) is 29.3 Å². The third kappa shape index (κ3) is 3.04. The molecule has 7 heteroatoms. The standard InChI is InChI=1S/C13H16F3N3O/c1-8-7-19(5-4-18-8)9-2-3-10(12(17)20)11(6-9)13(14,15)16/h2-3,6,8,18H,4-5,7H2,1H3,(H2,17,20)/t8-/m1/s1. The first-order valence-electron chi connectivity index (χ1n) is 6.28. The van der Waals surface area contributed by atoms with Crippen LogP contribution in [0.1, 0.15) is 22.8 Å². The van der Waals surface area contributed by atoms with E-state index in [0.29, 0.717) is 25.3 Å². The molecule has 1 aliphatic rings. The number of piperazine rings is 1. The van der Waals surface area contributed by atoms with Crippen LogP contribution < -0.4 is 16.0 Å². The lowest BCUT2D eigenvalue weighted by Gasteiger charge is -2.34. The highest BCUT2D eigenvalue weighted by molar-refractivity contribution is 5.95. The summed E-state index contributed by atoms with van der Waals surface area (Å²) >= 11 is 0. The average molecular weight is 287 g/mol. The normalized spacial score (nSPS) is 20.0. The van der Waals surface area contributed by atoms with Gasteiger partial charge in [0.25, 0.3) is 0 Å². The molecule has 0 unspecified atom stereocenters. The number of benzene rings is 1. The molecule has 1 fully saturated rings. The highest BCUT2D eigenvalue weighted by Gasteiger charge is 2.35. The SMILES string of the molecule is C[C@@H]1CN(c2ccc(C(N)=O)c(C(F)(F)F)c2)CCN1. The lowest BCUT2D eigenvalue weighted by Crippen LogP contribution is -2.49. The quantitative estimate of drug-likeness (QED) is 0.868. The van der Waals surface area contributed by atoms with Crippen LogP contribution in [0.3, 0.4) is 0 Å². The molecule has 1 saturated heterocycles. The third-order valence-corrected chi connectivity index (χ3v) is 3.31. The number of amides is 1. The zero-order valence-electron chi connectivity index (χ0n) is 11.0. The number of halogens is 3. The van der Waals surface area contributed by atoms with Crippen LogP contribution in [0.2, 0.25) is 0 Å². The Hall–Kier alpha value is -1.76. The van der Waals surface area contributed by atoms with Crippen molar-refractivity contribution in [2.75, 3.05) is 24.5 Å². The van der Waals surface area contributed by atoms with Crippen LogP contribution in [0.15, 0.2) is 18.2 Å². The first kappa shape index (κ1) is 14.6. The van der Waals surface area contributed by atoms with E-state index in [4.69, 9.17) is 5.73 Å². The average Bonchev–Trinajstić information content (AvgIpc) is 2.37. The van der Waals surface area contributed by atoms with Crippen molar-refractivity contribution in [3.63, 3.8) is 0 Å². The van der Waals surface area contributed by atoms with Gasteiger partial charge in [-0.1, -0.05) is 0 Å². The van der Waals surface area contributed by atoms with Crippen molar-refractivity contribution >= 4 is 11.6 Å². The van der Waals surface area contributed by atoms with E-state index in [9.17, 15) is 18.0 Å². The second-order valence-electron chi connectivity index (χ2n) is 4.89. The molecule has 0 bridgehead atoms. The van der Waals surface area contributed by atoms with Gasteiger partial charge in [-0.3, -0.25) is 4.79 Å². The number of nitrogens with two attached hydrogens (primary N) is 1. The first-order valence-corrected chi connectivity index (χ1v) is 6.28. The number of carbonyl (C=O) groups excluding carboxylic acids is 1. The van der Waals surface area contributed by atoms with E-state index in [2.05, 4.69) is 5.32 Å². The molecule has 1 heterocycles. The zero-order valence-corrected chi connectivity index (χ0v) is 11.0. The van der Waals surface area contributed by atoms with Crippen molar-refractivity contribution in [1.29, 1.82) is 0 Å². The Bertz CT molecular complexity index is 516. The molecular weight excluding hydrogens is 271 g/mol. The lowest BCUT2D eigenvalue weighted by molar-refractivity contribution is -0.137. The molecule has 1 aromatic rings. The van der Waals surface area contributed by atoms with Gasteiger partial charge in [0, 0.05) is 31.4 Å². The Morgan fingerprint density at radius 1 is 1.45 bits per heavy atom. The highest BCUT2D eigenvalue weighted by Crippen LogP contribution is 2.34. The Morgan fingerprint density at radius 3 is 2.70 bits per heavy atom. The Labute approximate surface area is 114 Å². The molecule has 0 radical (unpaired) electrons. The van der Waals surface area contributed by atoms with Gasteiger partial charge in [0.15, 0.2) is 0 Å². The lowest BCUT2D eigenvalue weighted by atomic mass is 10.0. The number of rotatable bonds is 2. The summed E-state index contributed by atoms with van der Waals surface area (Å²) in [5.74, 6) is -1.07. The van der Waals surface area contributed by atoms with Crippen molar-refractivity contribution < 1.29 is 18.0 Å². The summed E-state index contributed by atoms with van der Waals surface area (Å²) in [6.45, 7) is 3.92. The van der Waals surface area contributed by atoms with Crippen molar-refractivity contribution in [3.8, 4) is 0 Å². The molecule has 1 amide bonds. The van der Waals surface area contributed by atoms with Crippen molar-refractivity contribution in [2.24, 2.45) is 5.73 Å². The minimum absolute atomic E-state index is 0.203. The maximum Gasteiger partial charge on any atom is 0.417 e. The molecule has 0 aliphatic carbocycles. The van der Waals surface area contributed by atoms with E-state index < -0.39 is 23.2 Å². The molecule has 0 aromatic heterocycles. The molecule has 3 N–H and O–H groups in total. The number of carbonyl (C=O) groups is 1. The molecule has 0 saturated carbocycles. The number of nitrogens with one attached hydrogen (secondary N) is 1. The fraction of sp³-hybridized carbons (Fsp3) is 0.462. The smallest absolute Gasteiger partial charge is 0.369 e. The van der Waals surface area contributed by atoms with Crippen LogP contribution in [-0.4, -0.2) is 31.6 Å². The van der Waals surface area contributed by atoms with Gasteiger partial charge < -0.3 is 16.0 Å². The van der Waals surface area contributed by atoms with E-state index >= 15 is 0 Å². The van der Waals surface area contributed by atoms with Crippen LogP contribution in [0.25, 0.3) is 0 Å². The van der Waals surface area contributed by atoms with Gasteiger partial charge in [-0.2, -0.15) is 13.2 Å². The van der Waals surface area contributed by atoms with E-state index in [1.54, 1.807) is 0 Å². The maximum absolute atomic E-state index is 13.0. The fourth-order valence-corrected chi connectivity index (χ4v) is 2.35. The number of nitrogens with zero attached hydrogens (tertiary/aromatic N) is 1. The molecule has 110 valence electrons. The van der Waals surface area contributed by atoms with E-state index in [-0.39, 0.29) is 6.04 Å². The predicted molar refractivity (Wildman–Crippen MR) is 69.6 cm³/mol. The number of primary amides is 1. The molecule has 4 nitrogen and oxygen atoms in total. The van der Waals surface area contributed by atoms with Gasteiger partial charge >= 0.3 is 6.18 Å². The topological polar surface area (TPSA) is 58.4 Å². The van der Waals surface area contributed by atoms with Gasteiger partial charge in [0.1, 0.15) is 0 Å². The van der Waals surface area contributed by atoms with Gasteiger partial charge in [-0.15, -0.1) is 0 Å². The molecule has 1 aromatic carbocycles. The zero-order chi connectivity index (χ0) is 14.9. The Balaban J connectivity index is 2.39. The molecule has 20 heavy (non-hydrogen) atoms. The van der Waals surface area contributed by atoms with Crippen LogP contribution in [0, 0.1) is 0 Å². The van der Waals surface area contributed by atoms with E-state index in [1.807, 2.05) is 11.8 Å². The molecule has 0 spiro atoms. The van der Waals surface area contributed by atoms with Crippen LogP contribution in [-0.2, 0) is 6.18 Å². The van der Waals surface area contributed by atoms with E-state index in [0.717, 1.165) is 12.1 Å². The largest absolute Gasteiger partial charge is 0.417 e. The summed E-state index contributed by atoms with van der Waals surface area (Å²) in [6.07, 6.45) is -4.60. The number of alkyl halides is 3. The molecular formula is C13H16F3N3O. The summed E-state index contributed by atoms with van der Waals surface area (Å²) in [4.78, 5) is 13.0. The number of hydrogen-bond donors (Lipinski definition) is 2. The van der Waals surface area contributed by atoms with Gasteiger partial charge in [-0.25, -0.2) is 0 Å². The fourth-order valence-electron chi connectivity index (χ4n) is 2.35. The first-order chi connectivity index (χ1) is 9.29. The van der Waals surface area contributed by atoms with E-state index in [1.165, 1.54) is 6.07 Å². The predicted octanol–water partition coefficient (Wildman–Crippen LogP) is 1.60. The molecule has 2 rings (SSSR count). The second kappa shape index (κ2) is 5.32. The summed E-state index contributed by atoms with van der Waals surface area (Å²) in [5, 5.41) is 3.22. The summed E-state index contributed by atoms with van der Waals surface area (Å²) < 4.78 is 39.0. The summed E-state index contributed by atoms with van der Waals surface area (Å²) in [5.41, 5.74) is 3.98. The van der Waals surface area contributed by atoms with Crippen molar-refractivity contribution in [2.45, 2.75) is 19.1 Å². The number of anilines is 1. The summed E-state index contributed by atoms with van der Waals surface area (Å²) in [6, 6.07) is 3.85. The van der Waals surface area contributed by atoms with Gasteiger partial charge in [0.05, 0.1) is 11.1 Å². The minimum atomic E-state index is -4.60. The second-order valence-corrected chi connectivity index (χ2v) is 4.89. The molecule has 1 atom stereocenters.